The van der Waals surface area contributed by atoms with Crippen LogP contribution in [-0.4, -0.2) is 22.6 Å². The highest BCUT2D eigenvalue weighted by molar-refractivity contribution is 9.10. The van der Waals surface area contributed by atoms with Gasteiger partial charge in [0.05, 0.1) is 5.69 Å². The summed E-state index contributed by atoms with van der Waals surface area (Å²) in [5, 5.41) is 14.3. The Balaban J connectivity index is 2.72. The van der Waals surface area contributed by atoms with Crippen LogP contribution in [0.4, 0.5) is 10.5 Å². The molecule has 0 saturated heterocycles. The number of hydrogen-bond donors (Lipinski definition) is 3. The van der Waals surface area contributed by atoms with E-state index in [4.69, 9.17) is 5.11 Å². The zero-order chi connectivity index (χ0) is 16.2. The zero-order valence-corrected chi connectivity index (χ0v) is 14.3. The summed E-state index contributed by atoms with van der Waals surface area (Å²) in [5.74, 6) is -0.873. The lowest BCUT2D eigenvalue weighted by Gasteiger charge is -2.26. The van der Waals surface area contributed by atoms with Gasteiger partial charge in [0.15, 0.2) is 0 Å². The van der Waals surface area contributed by atoms with Crippen LogP contribution in [0.1, 0.15) is 37.8 Å². The maximum absolute atomic E-state index is 12.1. The van der Waals surface area contributed by atoms with Gasteiger partial charge in [-0.2, -0.15) is 0 Å². The van der Waals surface area contributed by atoms with Crippen LogP contribution in [0, 0.1) is 13.8 Å². The average molecular weight is 357 g/mol. The molecule has 5 nitrogen and oxygen atoms in total. The molecule has 2 amide bonds. The van der Waals surface area contributed by atoms with Gasteiger partial charge in [-0.15, -0.1) is 0 Å². The van der Waals surface area contributed by atoms with Crippen LogP contribution in [0.5, 0.6) is 0 Å². The summed E-state index contributed by atoms with van der Waals surface area (Å²) in [6.45, 7) is 7.50. The van der Waals surface area contributed by atoms with Crippen molar-refractivity contribution in [1.29, 1.82) is 0 Å². The monoisotopic (exact) mass is 356 g/mol. The van der Waals surface area contributed by atoms with Crippen LogP contribution in [0.25, 0.3) is 0 Å². The van der Waals surface area contributed by atoms with Crippen molar-refractivity contribution in [2.45, 2.75) is 46.1 Å². The fourth-order valence-electron chi connectivity index (χ4n) is 2.01. The van der Waals surface area contributed by atoms with E-state index in [1.54, 1.807) is 13.8 Å². The molecule has 0 spiro atoms. The molecule has 6 heteroatoms. The lowest BCUT2D eigenvalue weighted by molar-refractivity contribution is -0.137. The minimum absolute atomic E-state index is 0.0144. The van der Waals surface area contributed by atoms with Crippen LogP contribution in [0.3, 0.4) is 0 Å². The van der Waals surface area contributed by atoms with E-state index in [9.17, 15) is 9.59 Å². The predicted octanol–water partition coefficient (Wildman–Crippen LogP) is 3.83. The van der Waals surface area contributed by atoms with E-state index in [1.807, 2.05) is 26.0 Å². The van der Waals surface area contributed by atoms with Gasteiger partial charge in [-0.05, 0) is 67.2 Å². The minimum Gasteiger partial charge on any atom is -0.481 e. The lowest BCUT2D eigenvalue weighted by atomic mass is 9.99. The number of aliphatic carboxylic acids is 1. The van der Waals surface area contributed by atoms with Crippen LogP contribution in [0.2, 0.25) is 0 Å². The smallest absolute Gasteiger partial charge is 0.319 e. The number of carbonyl (C=O) groups is 2. The molecule has 1 aromatic rings. The van der Waals surface area contributed by atoms with Crippen molar-refractivity contribution in [3.63, 3.8) is 0 Å². The third-order valence-corrected chi connectivity index (χ3v) is 3.71. The molecule has 0 fully saturated rings. The van der Waals surface area contributed by atoms with Gasteiger partial charge >= 0.3 is 12.0 Å². The molecule has 0 unspecified atom stereocenters. The molecule has 1 aromatic carbocycles. The summed E-state index contributed by atoms with van der Waals surface area (Å²) >= 11 is 3.44. The standard InChI is InChI=1S/C15H21BrN2O3/c1-9-7-10(2)13(11(16)8-9)17-14(21)18-15(3,4)6-5-12(19)20/h7-8H,5-6H2,1-4H3,(H,19,20)(H2,17,18,21). The summed E-state index contributed by atoms with van der Waals surface area (Å²) in [7, 11) is 0. The second-order valence-electron chi connectivity index (χ2n) is 5.80. The number of amides is 2. The maximum Gasteiger partial charge on any atom is 0.319 e. The highest BCUT2D eigenvalue weighted by Crippen LogP contribution is 2.27. The number of halogens is 1. The van der Waals surface area contributed by atoms with Gasteiger partial charge in [-0.25, -0.2) is 4.79 Å². The molecule has 116 valence electrons. The van der Waals surface area contributed by atoms with E-state index < -0.39 is 11.5 Å². The van der Waals surface area contributed by atoms with E-state index in [0.717, 1.165) is 15.6 Å². The minimum atomic E-state index is -0.873. The first kappa shape index (κ1) is 17.5. The van der Waals surface area contributed by atoms with E-state index in [0.29, 0.717) is 12.1 Å². The number of carbonyl (C=O) groups excluding carboxylic acids is 1. The topological polar surface area (TPSA) is 78.4 Å². The zero-order valence-electron chi connectivity index (χ0n) is 12.7. The number of benzene rings is 1. The number of rotatable bonds is 5. The second kappa shape index (κ2) is 6.93. The third-order valence-electron chi connectivity index (χ3n) is 3.09. The van der Waals surface area contributed by atoms with Crippen molar-refractivity contribution in [2.24, 2.45) is 0 Å². The van der Waals surface area contributed by atoms with Crippen molar-refractivity contribution < 1.29 is 14.7 Å². The Morgan fingerprint density at radius 1 is 1.29 bits per heavy atom. The van der Waals surface area contributed by atoms with Gasteiger partial charge in [-0.3, -0.25) is 4.79 Å². The molecule has 0 aliphatic heterocycles. The first-order valence-corrected chi connectivity index (χ1v) is 7.48. The number of urea groups is 1. The highest BCUT2D eigenvalue weighted by atomic mass is 79.9. The SMILES string of the molecule is Cc1cc(C)c(NC(=O)NC(C)(C)CCC(=O)O)c(Br)c1. The Kier molecular flexibility index (Phi) is 5.78. The van der Waals surface area contributed by atoms with Crippen molar-refractivity contribution in [3.05, 3.63) is 27.7 Å². The number of anilines is 1. The van der Waals surface area contributed by atoms with Crippen LogP contribution in [0.15, 0.2) is 16.6 Å². The number of carboxylic acid groups (broad SMARTS) is 1. The van der Waals surface area contributed by atoms with Crippen molar-refractivity contribution in [3.8, 4) is 0 Å². The Labute approximate surface area is 133 Å². The molecule has 1 rings (SSSR count). The summed E-state index contributed by atoms with van der Waals surface area (Å²) in [6.07, 6.45) is 0.379. The summed E-state index contributed by atoms with van der Waals surface area (Å²) < 4.78 is 0.818. The van der Waals surface area contributed by atoms with E-state index in [-0.39, 0.29) is 12.5 Å². The van der Waals surface area contributed by atoms with Gasteiger partial charge in [0.1, 0.15) is 0 Å². The van der Waals surface area contributed by atoms with Gasteiger partial charge in [-0.1, -0.05) is 6.07 Å². The maximum atomic E-state index is 12.1. The number of hydrogen-bond acceptors (Lipinski definition) is 2. The average Bonchev–Trinajstić information content (AvgIpc) is 2.31. The molecule has 0 saturated carbocycles. The molecule has 0 radical (unpaired) electrons. The van der Waals surface area contributed by atoms with Crippen molar-refractivity contribution in [1.82, 2.24) is 5.32 Å². The molecule has 0 aliphatic carbocycles. The molecular weight excluding hydrogens is 336 g/mol. The summed E-state index contributed by atoms with van der Waals surface area (Å²) in [4.78, 5) is 22.7. The summed E-state index contributed by atoms with van der Waals surface area (Å²) in [5.41, 5.74) is 2.19. The molecule has 0 aliphatic rings. The summed E-state index contributed by atoms with van der Waals surface area (Å²) in [6, 6.07) is 3.56. The first-order valence-electron chi connectivity index (χ1n) is 6.68. The van der Waals surface area contributed by atoms with E-state index in [2.05, 4.69) is 26.6 Å². The third kappa shape index (κ3) is 5.75. The van der Waals surface area contributed by atoms with Crippen molar-refractivity contribution >= 4 is 33.6 Å². The van der Waals surface area contributed by atoms with Gasteiger partial charge < -0.3 is 15.7 Å². The molecule has 0 heterocycles. The van der Waals surface area contributed by atoms with E-state index >= 15 is 0 Å². The van der Waals surface area contributed by atoms with Crippen LogP contribution < -0.4 is 10.6 Å². The largest absolute Gasteiger partial charge is 0.481 e. The fraction of sp³-hybridized carbons (Fsp3) is 0.467. The predicted molar refractivity (Wildman–Crippen MR) is 86.7 cm³/mol. The molecule has 3 N–H and O–H groups in total. The molecule has 0 bridgehead atoms. The fourth-order valence-corrected chi connectivity index (χ4v) is 2.78. The molecule has 0 atom stereocenters. The van der Waals surface area contributed by atoms with Crippen LogP contribution >= 0.6 is 15.9 Å². The Morgan fingerprint density at radius 2 is 1.90 bits per heavy atom. The lowest BCUT2D eigenvalue weighted by Crippen LogP contribution is -2.45. The normalized spacial score (nSPS) is 11.1. The molecule has 21 heavy (non-hydrogen) atoms. The quantitative estimate of drug-likeness (QED) is 0.749. The number of aryl methyl sites for hydroxylation is 2. The first-order chi connectivity index (χ1) is 9.60. The Morgan fingerprint density at radius 3 is 2.43 bits per heavy atom. The molecular formula is C15H21BrN2O3. The van der Waals surface area contributed by atoms with E-state index in [1.165, 1.54) is 0 Å². The Hall–Kier alpha value is -1.56. The van der Waals surface area contributed by atoms with Gasteiger partial charge in [0.25, 0.3) is 0 Å². The number of nitrogens with one attached hydrogen (secondary N) is 2. The highest BCUT2D eigenvalue weighted by Gasteiger charge is 2.22. The molecule has 0 aromatic heterocycles. The van der Waals surface area contributed by atoms with Gasteiger partial charge in [0, 0.05) is 16.4 Å². The van der Waals surface area contributed by atoms with Gasteiger partial charge in [0.2, 0.25) is 0 Å². The van der Waals surface area contributed by atoms with Crippen molar-refractivity contribution in [2.75, 3.05) is 5.32 Å². The second-order valence-corrected chi connectivity index (χ2v) is 6.65. The van der Waals surface area contributed by atoms with Crippen LogP contribution in [-0.2, 0) is 4.79 Å². The number of carboxylic acids is 1. The Bertz CT molecular complexity index is 533.